The van der Waals surface area contributed by atoms with Crippen LogP contribution in [0.4, 0.5) is 5.69 Å². The standard InChI is InChI=1S/C20H22N2O5S2/c1-12-6-7-14(16-11-28-13(2)21-16)8-19(12)29(23,24)22-15-9-17(25-3)20(27-5)18(10-15)26-4/h6-11,22H,1-5H3. The van der Waals surface area contributed by atoms with E-state index in [0.29, 0.717) is 28.5 Å². The van der Waals surface area contributed by atoms with Gasteiger partial charge in [-0.25, -0.2) is 13.4 Å². The van der Waals surface area contributed by atoms with Crippen LogP contribution >= 0.6 is 11.3 Å². The zero-order chi connectivity index (χ0) is 21.2. The first kappa shape index (κ1) is 20.9. The topological polar surface area (TPSA) is 86.8 Å². The maximum Gasteiger partial charge on any atom is 0.262 e. The maximum atomic E-state index is 13.1. The second kappa shape index (κ2) is 8.30. The lowest BCUT2D eigenvalue weighted by Crippen LogP contribution is -2.14. The van der Waals surface area contributed by atoms with Crippen molar-refractivity contribution in [2.45, 2.75) is 18.7 Å². The van der Waals surface area contributed by atoms with Gasteiger partial charge in [0.15, 0.2) is 11.5 Å². The molecule has 0 spiro atoms. The third-order valence-electron chi connectivity index (χ3n) is 4.31. The molecule has 29 heavy (non-hydrogen) atoms. The number of aromatic nitrogens is 1. The van der Waals surface area contributed by atoms with Crippen LogP contribution in [0.1, 0.15) is 10.6 Å². The molecule has 0 aliphatic rings. The first-order valence-corrected chi connectivity index (χ1v) is 11.0. The van der Waals surface area contributed by atoms with Crippen LogP contribution in [-0.2, 0) is 10.0 Å². The van der Waals surface area contributed by atoms with Gasteiger partial charge in [-0.2, -0.15) is 0 Å². The van der Waals surface area contributed by atoms with Crippen LogP contribution in [0.3, 0.4) is 0 Å². The van der Waals surface area contributed by atoms with Crippen LogP contribution in [-0.4, -0.2) is 34.7 Å². The molecule has 0 radical (unpaired) electrons. The van der Waals surface area contributed by atoms with Crippen molar-refractivity contribution in [3.63, 3.8) is 0 Å². The highest BCUT2D eigenvalue weighted by Gasteiger charge is 2.21. The molecule has 0 aliphatic carbocycles. The van der Waals surface area contributed by atoms with Crippen LogP contribution in [0.15, 0.2) is 40.6 Å². The molecule has 2 aromatic carbocycles. The first-order valence-electron chi connectivity index (χ1n) is 8.65. The molecular formula is C20H22N2O5S2. The lowest BCUT2D eigenvalue weighted by atomic mass is 10.1. The molecule has 7 nitrogen and oxygen atoms in total. The van der Waals surface area contributed by atoms with Gasteiger partial charge in [0.25, 0.3) is 10.0 Å². The third kappa shape index (κ3) is 4.30. The Morgan fingerprint density at radius 3 is 2.14 bits per heavy atom. The molecule has 0 fully saturated rings. The van der Waals surface area contributed by atoms with Crippen molar-refractivity contribution < 1.29 is 22.6 Å². The number of benzene rings is 2. The van der Waals surface area contributed by atoms with E-state index in [4.69, 9.17) is 14.2 Å². The molecule has 154 valence electrons. The Labute approximate surface area is 174 Å². The van der Waals surface area contributed by atoms with Gasteiger partial charge < -0.3 is 14.2 Å². The normalized spacial score (nSPS) is 11.2. The van der Waals surface area contributed by atoms with Crippen LogP contribution in [0.2, 0.25) is 0 Å². The van der Waals surface area contributed by atoms with Crippen molar-refractivity contribution in [3.8, 4) is 28.5 Å². The molecule has 3 aromatic rings. The van der Waals surface area contributed by atoms with Gasteiger partial charge in [0.2, 0.25) is 5.75 Å². The van der Waals surface area contributed by atoms with E-state index in [1.165, 1.54) is 32.7 Å². The number of aryl methyl sites for hydroxylation is 2. The predicted octanol–water partition coefficient (Wildman–Crippen LogP) is 4.25. The highest BCUT2D eigenvalue weighted by atomic mass is 32.2. The van der Waals surface area contributed by atoms with Crippen molar-refractivity contribution >= 4 is 27.0 Å². The van der Waals surface area contributed by atoms with Gasteiger partial charge >= 0.3 is 0 Å². The summed E-state index contributed by atoms with van der Waals surface area (Å²) in [7, 11) is 0.564. The molecule has 3 rings (SSSR count). The molecule has 1 aromatic heterocycles. The summed E-state index contributed by atoms with van der Waals surface area (Å²) in [5, 5.41) is 2.82. The summed E-state index contributed by atoms with van der Waals surface area (Å²) >= 11 is 1.52. The Balaban J connectivity index is 2.02. The van der Waals surface area contributed by atoms with Crippen molar-refractivity contribution in [1.82, 2.24) is 4.98 Å². The molecule has 1 heterocycles. The minimum atomic E-state index is -3.86. The molecule has 0 saturated heterocycles. The molecule has 0 amide bonds. The summed E-state index contributed by atoms with van der Waals surface area (Å²) < 4.78 is 44.7. The van der Waals surface area contributed by atoms with E-state index in [1.54, 1.807) is 31.2 Å². The Morgan fingerprint density at radius 1 is 0.966 bits per heavy atom. The van der Waals surface area contributed by atoms with E-state index in [9.17, 15) is 8.42 Å². The van der Waals surface area contributed by atoms with Crippen molar-refractivity contribution in [1.29, 1.82) is 0 Å². The van der Waals surface area contributed by atoms with Crippen LogP contribution in [0.5, 0.6) is 17.2 Å². The smallest absolute Gasteiger partial charge is 0.262 e. The molecule has 0 bridgehead atoms. The number of anilines is 1. The summed E-state index contributed by atoms with van der Waals surface area (Å²) in [5.74, 6) is 1.09. The number of nitrogens with one attached hydrogen (secondary N) is 1. The summed E-state index contributed by atoms with van der Waals surface area (Å²) in [6.07, 6.45) is 0. The summed E-state index contributed by atoms with van der Waals surface area (Å²) in [4.78, 5) is 4.61. The fourth-order valence-electron chi connectivity index (χ4n) is 2.90. The number of rotatable bonds is 7. The third-order valence-corrected chi connectivity index (χ3v) is 6.61. The SMILES string of the molecule is COc1cc(NS(=O)(=O)c2cc(-c3csc(C)n3)ccc2C)cc(OC)c1OC. The lowest BCUT2D eigenvalue weighted by Gasteiger charge is -2.16. The average molecular weight is 435 g/mol. The highest BCUT2D eigenvalue weighted by Crippen LogP contribution is 2.40. The van der Waals surface area contributed by atoms with E-state index in [2.05, 4.69) is 9.71 Å². The monoisotopic (exact) mass is 434 g/mol. The minimum absolute atomic E-state index is 0.175. The van der Waals surface area contributed by atoms with E-state index in [1.807, 2.05) is 18.4 Å². The quantitative estimate of drug-likeness (QED) is 0.598. The first-order chi connectivity index (χ1) is 13.8. The Kier molecular flexibility index (Phi) is 5.99. The zero-order valence-corrected chi connectivity index (χ0v) is 18.4. The highest BCUT2D eigenvalue weighted by molar-refractivity contribution is 7.92. The van der Waals surface area contributed by atoms with Crippen LogP contribution in [0, 0.1) is 13.8 Å². The lowest BCUT2D eigenvalue weighted by molar-refractivity contribution is 0.325. The van der Waals surface area contributed by atoms with Gasteiger partial charge in [0.05, 0.1) is 42.6 Å². The van der Waals surface area contributed by atoms with Gasteiger partial charge in [0.1, 0.15) is 0 Å². The fourth-order valence-corrected chi connectivity index (χ4v) is 4.83. The Morgan fingerprint density at radius 2 is 1.62 bits per heavy atom. The molecule has 0 unspecified atom stereocenters. The summed E-state index contributed by atoms with van der Waals surface area (Å²) in [5.41, 5.74) is 2.41. The Hall–Kier alpha value is -2.78. The van der Waals surface area contributed by atoms with Gasteiger partial charge in [-0.1, -0.05) is 12.1 Å². The number of sulfonamides is 1. The second-order valence-corrected chi connectivity index (χ2v) is 8.96. The fraction of sp³-hybridized carbons (Fsp3) is 0.250. The largest absolute Gasteiger partial charge is 0.493 e. The van der Waals surface area contributed by atoms with Gasteiger partial charge in [0, 0.05) is 23.1 Å². The van der Waals surface area contributed by atoms with Gasteiger partial charge in [-0.15, -0.1) is 11.3 Å². The van der Waals surface area contributed by atoms with E-state index >= 15 is 0 Å². The van der Waals surface area contributed by atoms with Crippen molar-refractivity contribution in [2.75, 3.05) is 26.1 Å². The number of nitrogens with zero attached hydrogens (tertiary/aromatic N) is 1. The minimum Gasteiger partial charge on any atom is -0.493 e. The number of methoxy groups -OCH3 is 3. The van der Waals surface area contributed by atoms with Gasteiger partial charge in [-0.3, -0.25) is 4.72 Å². The second-order valence-electron chi connectivity index (χ2n) is 6.25. The number of ether oxygens (including phenoxy) is 3. The number of hydrogen-bond acceptors (Lipinski definition) is 7. The molecule has 0 aliphatic heterocycles. The molecule has 1 N–H and O–H groups in total. The van der Waals surface area contributed by atoms with Crippen molar-refractivity contribution in [2.24, 2.45) is 0 Å². The van der Waals surface area contributed by atoms with Gasteiger partial charge in [-0.05, 0) is 25.5 Å². The molecular weight excluding hydrogens is 412 g/mol. The molecule has 9 heteroatoms. The predicted molar refractivity (Wildman–Crippen MR) is 114 cm³/mol. The number of hydrogen-bond donors (Lipinski definition) is 1. The number of thiazole rings is 1. The van der Waals surface area contributed by atoms with Crippen molar-refractivity contribution in [3.05, 3.63) is 46.3 Å². The van der Waals surface area contributed by atoms with E-state index < -0.39 is 10.0 Å². The summed E-state index contributed by atoms with van der Waals surface area (Å²) in [6, 6.07) is 8.35. The molecule has 0 saturated carbocycles. The maximum absolute atomic E-state index is 13.1. The zero-order valence-electron chi connectivity index (χ0n) is 16.8. The Bertz CT molecular complexity index is 1110. The summed E-state index contributed by atoms with van der Waals surface area (Å²) in [6.45, 7) is 3.66. The molecule has 0 atom stereocenters. The van der Waals surface area contributed by atoms with Crippen LogP contribution in [0.25, 0.3) is 11.3 Å². The average Bonchev–Trinajstić information content (AvgIpc) is 3.13. The van der Waals surface area contributed by atoms with E-state index in [-0.39, 0.29) is 4.90 Å². The van der Waals surface area contributed by atoms with E-state index in [0.717, 1.165) is 16.3 Å². The van der Waals surface area contributed by atoms with Crippen LogP contribution < -0.4 is 18.9 Å².